The van der Waals surface area contributed by atoms with E-state index in [1.807, 2.05) is 24.3 Å². The number of carboxylic acids is 1. The van der Waals surface area contributed by atoms with Crippen LogP contribution in [0.15, 0.2) is 30.5 Å². The smallest absolute Gasteiger partial charge is 0.317 e. The molecule has 3 rings (SSSR count). The van der Waals surface area contributed by atoms with Gasteiger partial charge >= 0.3 is 5.97 Å². The van der Waals surface area contributed by atoms with Gasteiger partial charge in [-0.3, -0.25) is 14.7 Å². The van der Waals surface area contributed by atoms with Gasteiger partial charge in [0.05, 0.1) is 12.1 Å². The lowest BCUT2D eigenvalue weighted by molar-refractivity contribution is -0.136. The van der Waals surface area contributed by atoms with E-state index < -0.39 is 5.97 Å². The summed E-state index contributed by atoms with van der Waals surface area (Å²) in [4.78, 5) is 17.6. The van der Waals surface area contributed by atoms with Gasteiger partial charge in [0.15, 0.2) is 0 Å². The van der Waals surface area contributed by atoms with Crippen LogP contribution < -0.4 is 5.32 Å². The van der Waals surface area contributed by atoms with Crippen molar-refractivity contribution in [2.75, 3.05) is 19.6 Å². The molecule has 0 saturated carbocycles. The van der Waals surface area contributed by atoms with Gasteiger partial charge in [0.25, 0.3) is 0 Å². The fourth-order valence-electron chi connectivity index (χ4n) is 3.19. The molecule has 1 fully saturated rings. The van der Waals surface area contributed by atoms with Gasteiger partial charge in [-0.15, -0.1) is 0 Å². The summed E-state index contributed by atoms with van der Waals surface area (Å²) in [5.41, 5.74) is 1.92. The highest BCUT2D eigenvalue weighted by Gasteiger charge is 2.33. The number of likely N-dealkylation sites (tertiary alicyclic amines) is 1. The number of benzene rings is 1. The minimum atomic E-state index is -0.822. The molecule has 0 radical (unpaired) electrons. The largest absolute Gasteiger partial charge is 0.480 e. The molecule has 0 aliphatic carbocycles. The maximum atomic E-state index is 10.8. The Hall–Kier alpha value is -1.69. The number of carbonyl (C=O) groups is 1. The van der Waals surface area contributed by atoms with Gasteiger partial charge in [-0.25, -0.2) is 0 Å². The van der Waals surface area contributed by atoms with E-state index in [0.29, 0.717) is 5.02 Å². The molecule has 1 aromatic carbocycles. The van der Waals surface area contributed by atoms with Crippen molar-refractivity contribution in [1.82, 2.24) is 15.2 Å². The molecule has 5 nitrogen and oxygen atoms in total. The maximum Gasteiger partial charge on any atom is 0.317 e. The van der Waals surface area contributed by atoms with Crippen molar-refractivity contribution in [2.24, 2.45) is 0 Å². The van der Waals surface area contributed by atoms with E-state index in [-0.39, 0.29) is 12.1 Å². The minimum Gasteiger partial charge on any atom is -0.480 e. The number of aromatic nitrogens is 1. The Morgan fingerprint density at radius 1 is 1.48 bits per heavy atom. The van der Waals surface area contributed by atoms with Crippen molar-refractivity contribution in [1.29, 1.82) is 0 Å². The first-order chi connectivity index (χ1) is 11.0. The zero-order chi connectivity index (χ0) is 16.4. The van der Waals surface area contributed by atoms with Crippen LogP contribution in [0, 0.1) is 0 Å². The fourth-order valence-corrected chi connectivity index (χ4v) is 3.41. The number of carboxylic acid groups (broad SMARTS) is 1. The average molecular weight is 334 g/mol. The Bertz CT molecular complexity index is 737. The summed E-state index contributed by atoms with van der Waals surface area (Å²) in [7, 11) is 0. The number of nitrogens with zero attached hydrogens (tertiary/aromatic N) is 2. The van der Waals surface area contributed by atoms with Crippen LogP contribution in [0.2, 0.25) is 5.02 Å². The molecule has 1 saturated heterocycles. The molecule has 2 N–H and O–H groups in total. The number of nitrogens with one attached hydrogen (secondary N) is 1. The summed E-state index contributed by atoms with van der Waals surface area (Å²) in [6.07, 6.45) is 2.71. The maximum absolute atomic E-state index is 10.8. The van der Waals surface area contributed by atoms with Crippen molar-refractivity contribution in [3.8, 4) is 0 Å². The summed E-state index contributed by atoms with van der Waals surface area (Å²) in [6.45, 7) is 4.61. The second-order valence-corrected chi connectivity index (χ2v) is 6.78. The average Bonchev–Trinajstić information content (AvgIpc) is 2.90. The van der Waals surface area contributed by atoms with E-state index in [1.54, 1.807) is 6.20 Å². The van der Waals surface area contributed by atoms with Gasteiger partial charge in [0.2, 0.25) is 0 Å². The number of halogens is 1. The van der Waals surface area contributed by atoms with Crippen LogP contribution >= 0.6 is 11.6 Å². The van der Waals surface area contributed by atoms with Gasteiger partial charge in [-0.05, 0) is 37.1 Å². The molecule has 1 aromatic heterocycles. The van der Waals surface area contributed by atoms with Crippen LogP contribution in [0.1, 0.15) is 18.9 Å². The van der Waals surface area contributed by atoms with Gasteiger partial charge in [0, 0.05) is 41.8 Å². The van der Waals surface area contributed by atoms with Gasteiger partial charge in [0.1, 0.15) is 0 Å². The van der Waals surface area contributed by atoms with Crippen molar-refractivity contribution < 1.29 is 9.90 Å². The summed E-state index contributed by atoms with van der Waals surface area (Å²) in [5, 5.41) is 13.7. The van der Waals surface area contributed by atoms with Crippen LogP contribution in [0.3, 0.4) is 0 Å². The van der Waals surface area contributed by atoms with Gasteiger partial charge in [-0.2, -0.15) is 0 Å². The van der Waals surface area contributed by atoms with Crippen molar-refractivity contribution in [3.05, 3.63) is 41.0 Å². The Morgan fingerprint density at radius 2 is 2.30 bits per heavy atom. The van der Waals surface area contributed by atoms with E-state index in [1.165, 1.54) is 0 Å². The van der Waals surface area contributed by atoms with Gasteiger partial charge in [-0.1, -0.05) is 17.7 Å². The Morgan fingerprint density at radius 3 is 3.09 bits per heavy atom. The SMILES string of the molecule is C[C@@]1(NCC(=O)O)CCN(Cc2ccc(Cl)c3cccnc23)C1. The van der Waals surface area contributed by atoms with Crippen LogP contribution in [-0.2, 0) is 11.3 Å². The normalized spacial score (nSPS) is 21.8. The third kappa shape index (κ3) is 3.63. The van der Waals surface area contributed by atoms with Crippen LogP contribution in [-0.4, -0.2) is 46.1 Å². The lowest BCUT2D eigenvalue weighted by Crippen LogP contribution is -2.46. The molecule has 1 aliphatic rings. The van der Waals surface area contributed by atoms with Crippen molar-refractivity contribution in [2.45, 2.75) is 25.4 Å². The Labute approximate surface area is 140 Å². The first-order valence-corrected chi connectivity index (χ1v) is 8.06. The number of hydrogen-bond acceptors (Lipinski definition) is 4. The van der Waals surface area contributed by atoms with Crippen molar-refractivity contribution >= 4 is 28.5 Å². The van der Waals surface area contributed by atoms with Crippen LogP contribution in [0.5, 0.6) is 0 Å². The molecule has 122 valence electrons. The van der Waals surface area contributed by atoms with E-state index in [0.717, 1.165) is 42.5 Å². The zero-order valence-corrected chi connectivity index (χ0v) is 13.8. The van der Waals surface area contributed by atoms with E-state index >= 15 is 0 Å². The first kappa shape index (κ1) is 16.2. The minimum absolute atomic E-state index is 0.00420. The predicted molar refractivity (Wildman–Crippen MR) is 90.7 cm³/mol. The molecule has 1 aliphatic heterocycles. The van der Waals surface area contributed by atoms with Crippen LogP contribution in [0.25, 0.3) is 10.9 Å². The summed E-state index contributed by atoms with van der Waals surface area (Å²) >= 11 is 6.24. The lowest BCUT2D eigenvalue weighted by Gasteiger charge is -2.25. The molecule has 6 heteroatoms. The Kier molecular flexibility index (Phi) is 4.53. The monoisotopic (exact) mass is 333 g/mol. The predicted octanol–water partition coefficient (Wildman–Crippen LogP) is 2.53. The summed E-state index contributed by atoms with van der Waals surface area (Å²) in [6, 6.07) is 7.81. The highest BCUT2D eigenvalue weighted by atomic mass is 35.5. The van der Waals surface area contributed by atoms with Crippen LogP contribution in [0.4, 0.5) is 0 Å². The molecule has 23 heavy (non-hydrogen) atoms. The topological polar surface area (TPSA) is 65.5 Å². The molecular weight excluding hydrogens is 314 g/mol. The van der Waals surface area contributed by atoms with E-state index in [4.69, 9.17) is 16.7 Å². The molecule has 0 amide bonds. The second-order valence-electron chi connectivity index (χ2n) is 6.37. The number of rotatable bonds is 5. The Balaban J connectivity index is 1.74. The van der Waals surface area contributed by atoms with E-state index in [2.05, 4.69) is 22.1 Å². The first-order valence-electron chi connectivity index (χ1n) is 7.68. The quantitative estimate of drug-likeness (QED) is 0.880. The second kappa shape index (κ2) is 6.43. The molecule has 0 bridgehead atoms. The standard InChI is InChI=1S/C17H20ClN3O2/c1-17(20-9-15(22)23)6-8-21(11-17)10-12-4-5-14(18)13-3-2-7-19-16(12)13/h2-5,7,20H,6,8-11H2,1H3,(H,22,23)/t17-/m1/s1. The number of fused-ring (bicyclic) bond motifs is 1. The lowest BCUT2D eigenvalue weighted by atomic mass is 10.0. The highest BCUT2D eigenvalue weighted by Crippen LogP contribution is 2.28. The molecule has 0 unspecified atom stereocenters. The molecule has 2 aromatic rings. The molecule has 1 atom stereocenters. The molecule has 0 spiro atoms. The van der Waals surface area contributed by atoms with Gasteiger partial charge < -0.3 is 10.4 Å². The number of hydrogen-bond donors (Lipinski definition) is 2. The third-order valence-electron chi connectivity index (χ3n) is 4.41. The summed E-state index contributed by atoms with van der Waals surface area (Å²) in [5.74, 6) is -0.822. The number of aliphatic carboxylic acids is 1. The highest BCUT2D eigenvalue weighted by molar-refractivity contribution is 6.35. The summed E-state index contributed by atoms with van der Waals surface area (Å²) < 4.78 is 0. The number of pyridine rings is 1. The van der Waals surface area contributed by atoms with E-state index in [9.17, 15) is 4.79 Å². The third-order valence-corrected chi connectivity index (χ3v) is 4.74. The fraction of sp³-hybridized carbons (Fsp3) is 0.412. The zero-order valence-electron chi connectivity index (χ0n) is 13.1. The molecule has 2 heterocycles. The van der Waals surface area contributed by atoms with Crippen molar-refractivity contribution in [3.63, 3.8) is 0 Å². The molecular formula is C17H20ClN3O2.